The Labute approximate surface area is 294 Å². The third-order valence-electron chi connectivity index (χ3n) is 8.34. The molecule has 19 heteroatoms. The van der Waals surface area contributed by atoms with Crippen molar-refractivity contribution in [3.63, 3.8) is 0 Å². The second-order valence-electron chi connectivity index (χ2n) is 12.0. The van der Waals surface area contributed by atoms with Crippen molar-refractivity contribution in [3.05, 3.63) is 106 Å². The summed E-state index contributed by atoms with van der Waals surface area (Å²) in [5.41, 5.74) is 0.937. The first kappa shape index (κ1) is 35.8. The first-order valence-electron chi connectivity index (χ1n) is 15.8. The van der Waals surface area contributed by atoms with Crippen LogP contribution >= 0.6 is 0 Å². The molecule has 6 rings (SSSR count). The summed E-state index contributed by atoms with van der Waals surface area (Å²) in [6, 6.07) is 18.6. The van der Waals surface area contributed by atoms with Crippen molar-refractivity contribution in [3.8, 4) is 16.9 Å². The van der Waals surface area contributed by atoms with Gasteiger partial charge in [-0.1, -0.05) is 42.0 Å². The number of hydrazine groups is 1. The van der Waals surface area contributed by atoms with Crippen molar-refractivity contribution < 1.29 is 50.5 Å². The van der Waals surface area contributed by atoms with E-state index in [2.05, 4.69) is 10.4 Å². The predicted octanol–water partition coefficient (Wildman–Crippen LogP) is 5.06. The fourth-order valence-electron chi connectivity index (χ4n) is 5.68. The Kier molecular flexibility index (Phi) is 9.88. The Bertz CT molecular complexity index is 2100. The van der Waals surface area contributed by atoms with E-state index in [0.29, 0.717) is 18.4 Å². The van der Waals surface area contributed by atoms with E-state index in [9.17, 15) is 41.2 Å². The zero-order chi connectivity index (χ0) is 37.2. The van der Waals surface area contributed by atoms with Gasteiger partial charge >= 0.3 is 12.3 Å². The quantitative estimate of drug-likeness (QED) is 0.100. The van der Waals surface area contributed by atoms with E-state index < -0.39 is 46.5 Å². The van der Waals surface area contributed by atoms with Crippen molar-refractivity contribution in [2.75, 3.05) is 26.4 Å². The minimum absolute atomic E-state index is 0.0684. The fourth-order valence-corrected chi connectivity index (χ4v) is 6.57. The summed E-state index contributed by atoms with van der Waals surface area (Å²) < 4.78 is 74.5. The summed E-state index contributed by atoms with van der Waals surface area (Å²) in [4.78, 5) is 43.0. The topological polar surface area (TPSA) is 179 Å². The summed E-state index contributed by atoms with van der Waals surface area (Å²) >= 11 is 0. The molecule has 4 aromatic rings. The molecule has 272 valence electrons. The van der Waals surface area contributed by atoms with Gasteiger partial charge in [0.1, 0.15) is 0 Å². The van der Waals surface area contributed by atoms with Crippen LogP contribution in [0.1, 0.15) is 44.8 Å². The van der Waals surface area contributed by atoms with Crippen LogP contribution in [-0.4, -0.2) is 77.4 Å². The van der Waals surface area contributed by atoms with Crippen molar-refractivity contribution in [1.82, 2.24) is 24.4 Å². The average molecular weight is 742 g/mol. The molecule has 1 unspecified atom stereocenters. The van der Waals surface area contributed by atoms with Crippen LogP contribution in [0.15, 0.2) is 89.0 Å². The third kappa shape index (κ3) is 7.68. The number of benzene rings is 3. The summed E-state index contributed by atoms with van der Waals surface area (Å²) in [6.45, 7) is 1.35. The predicted molar refractivity (Wildman–Crippen MR) is 174 cm³/mol. The van der Waals surface area contributed by atoms with Gasteiger partial charge in [0.05, 0.1) is 52.1 Å². The Morgan fingerprint density at radius 3 is 2.33 bits per heavy atom. The number of sulfonamides is 1. The van der Waals surface area contributed by atoms with Crippen LogP contribution in [0.3, 0.4) is 0 Å². The second kappa shape index (κ2) is 14.3. The fraction of sp³-hybridized carbons (Fsp3) is 0.273. The molecule has 2 aliphatic heterocycles. The molecule has 2 aliphatic rings. The monoisotopic (exact) mass is 741 g/mol. The van der Waals surface area contributed by atoms with Gasteiger partial charge in [0.25, 0.3) is 21.8 Å². The van der Waals surface area contributed by atoms with Gasteiger partial charge in [-0.05, 0) is 62.2 Å². The van der Waals surface area contributed by atoms with Crippen molar-refractivity contribution in [2.24, 2.45) is 11.2 Å². The highest BCUT2D eigenvalue weighted by Crippen LogP contribution is 2.33. The molecule has 15 nitrogen and oxygen atoms in total. The number of aryl methyl sites for hydroxylation is 1. The van der Waals surface area contributed by atoms with Crippen LogP contribution in [-0.2, 0) is 25.8 Å². The molecule has 52 heavy (non-hydrogen) atoms. The largest absolute Gasteiger partial charge is 0.569 e. The molecule has 1 atom stereocenters. The molecule has 1 aromatic heterocycles. The van der Waals surface area contributed by atoms with E-state index >= 15 is 0 Å². The van der Waals surface area contributed by atoms with E-state index in [-0.39, 0.29) is 58.0 Å². The Morgan fingerprint density at radius 1 is 1.04 bits per heavy atom. The van der Waals surface area contributed by atoms with E-state index in [1.807, 2.05) is 6.92 Å². The van der Waals surface area contributed by atoms with Crippen LogP contribution < -0.4 is 4.72 Å². The zero-order valence-corrected chi connectivity index (χ0v) is 28.1. The zero-order valence-electron chi connectivity index (χ0n) is 27.3. The lowest BCUT2D eigenvalue weighted by Gasteiger charge is -2.28. The number of ether oxygens (including phenoxy) is 1. The lowest BCUT2D eigenvalue weighted by atomic mass is 10.0. The number of imide groups is 1. The number of nitrogens with one attached hydrogen (secondary N) is 1. The number of rotatable bonds is 10. The maximum Gasteiger partial charge on any atom is 0.435 e. The number of nitrogens with zero attached hydrogens (tertiary/aromatic N) is 6. The Morgan fingerprint density at radius 2 is 1.69 bits per heavy atom. The van der Waals surface area contributed by atoms with Gasteiger partial charge < -0.3 is 14.8 Å². The van der Waals surface area contributed by atoms with Crippen molar-refractivity contribution in [1.29, 1.82) is 0 Å². The smallest absolute Gasteiger partial charge is 0.435 e. The lowest BCUT2D eigenvalue weighted by Crippen LogP contribution is -2.42. The van der Waals surface area contributed by atoms with Crippen molar-refractivity contribution in [2.45, 2.75) is 30.8 Å². The molecule has 3 heterocycles. The summed E-state index contributed by atoms with van der Waals surface area (Å²) in [6.07, 6.45) is -4.97. The number of halogens is 3. The summed E-state index contributed by atoms with van der Waals surface area (Å²) in [5.74, 6) is -1.54. The minimum Gasteiger partial charge on any atom is -0.569 e. The third-order valence-corrected chi connectivity index (χ3v) is 9.67. The Balaban J connectivity index is 1.03. The maximum atomic E-state index is 13.6. The number of hydrogen-bond donors (Lipinski definition) is 1. The van der Waals surface area contributed by atoms with E-state index in [0.717, 1.165) is 33.3 Å². The van der Waals surface area contributed by atoms with Crippen molar-refractivity contribution >= 4 is 27.9 Å². The standard InChI is InChI=1S/C33H30F3N7O8S/c1-21-8-10-23(11-9-21)28-17-29(33(34,35)36)37-42(28)24-12-14-25(15-13-24)52(48,49)38-32(46)50-19-22-5-4-16-40(18-22)43(47)39-51-20-41-30(44)26-6-2-3-7-27(26)31(41)45/h2-3,6-15,17,22H,4-5,16,18-20H2,1H3,(H,38,46)/b43-39+. The number of fused-ring (bicyclic) bond motifs is 1. The number of carbonyl (C=O) groups is 3. The van der Waals surface area contributed by atoms with E-state index in [1.165, 1.54) is 29.3 Å². The first-order chi connectivity index (χ1) is 24.7. The number of amides is 3. The Hall–Kier alpha value is -5.98. The molecule has 0 spiro atoms. The molecule has 0 radical (unpaired) electrons. The molecular formula is C33H30F3N7O8S. The summed E-state index contributed by atoms with van der Waals surface area (Å²) in [5, 5.41) is 20.9. The number of alkyl halides is 3. The van der Waals surface area contributed by atoms with Gasteiger partial charge in [-0.2, -0.15) is 18.3 Å². The van der Waals surface area contributed by atoms with Gasteiger partial charge in [0.2, 0.25) is 12.0 Å². The van der Waals surface area contributed by atoms with Crippen LogP contribution in [0.25, 0.3) is 16.9 Å². The van der Waals surface area contributed by atoms with Gasteiger partial charge in [0.15, 0.2) is 5.69 Å². The molecule has 1 saturated heterocycles. The molecular weight excluding hydrogens is 711 g/mol. The second-order valence-corrected chi connectivity index (χ2v) is 13.7. The molecule has 0 aliphatic carbocycles. The van der Waals surface area contributed by atoms with E-state index in [1.54, 1.807) is 41.1 Å². The average Bonchev–Trinajstić information content (AvgIpc) is 3.68. The number of carbonyl (C=O) groups excluding carboxylic acids is 3. The SMILES string of the molecule is Cc1ccc(-c2cc(C(F)(F)F)nn2-c2ccc(S(=O)(=O)NC(=O)OCC3CCCN(/[N+]([O-])=N\OCN4C(=O)c5ccccc5C4=O)C3)cc2)cc1. The number of piperidine rings is 1. The normalized spacial score (nSPS) is 16.5. The number of aromatic nitrogens is 2. The minimum atomic E-state index is -4.72. The number of hydrogen-bond acceptors (Lipinski definition) is 10. The highest BCUT2D eigenvalue weighted by molar-refractivity contribution is 7.90. The van der Waals surface area contributed by atoms with E-state index in [4.69, 9.17) is 9.57 Å². The molecule has 3 amide bonds. The van der Waals surface area contributed by atoms with Crippen LogP contribution in [0, 0.1) is 18.0 Å². The van der Waals surface area contributed by atoms with Crippen LogP contribution in [0.5, 0.6) is 0 Å². The molecule has 3 aromatic carbocycles. The van der Waals surface area contributed by atoms with Gasteiger partial charge in [-0.3, -0.25) is 9.59 Å². The highest BCUT2D eigenvalue weighted by atomic mass is 32.2. The molecule has 1 N–H and O–H groups in total. The molecule has 0 bridgehead atoms. The lowest BCUT2D eigenvalue weighted by molar-refractivity contribution is -0.714. The van der Waals surface area contributed by atoms with Crippen LogP contribution in [0.2, 0.25) is 0 Å². The van der Waals surface area contributed by atoms with Gasteiger partial charge in [0, 0.05) is 11.5 Å². The summed E-state index contributed by atoms with van der Waals surface area (Å²) in [7, 11) is -4.45. The van der Waals surface area contributed by atoms with Gasteiger partial charge in [-0.25, -0.2) is 27.5 Å². The first-order valence-corrected chi connectivity index (χ1v) is 17.2. The highest BCUT2D eigenvalue weighted by Gasteiger charge is 2.37. The van der Waals surface area contributed by atoms with Gasteiger partial charge in [-0.15, -0.1) is 5.01 Å². The molecule has 1 fully saturated rings. The maximum absolute atomic E-state index is 13.6. The van der Waals surface area contributed by atoms with Crippen LogP contribution in [0.4, 0.5) is 18.0 Å². The molecule has 0 saturated carbocycles.